The van der Waals surface area contributed by atoms with Crippen molar-refractivity contribution in [1.29, 1.82) is 0 Å². The molecular formula is C16H15F2N5O4. The Bertz CT molecular complexity index is 896. The number of urea groups is 1. The third kappa shape index (κ3) is 3.48. The van der Waals surface area contributed by atoms with Crippen molar-refractivity contribution in [3.8, 4) is 11.5 Å². The fraction of sp³-hybridized carbons (Fsp3) is 0.312. The van der Waals surface area contributed by atoms with Gasteiger partial charge in [0, 0.05) is 14.1 Å². The molecule has 142 valence electrons. The number of likely N-dealkylation sites (N-methyl/N-ethyl adjacent to an activating group) is 2. The molecule has 0 unspecified atom stereocenters. The summed E-state index contributed by atoms with van der Waals surface area (Å²) in [7, 11) is 2.76. The Morgan fingerprint density at radius 1 is 1.26 bits per heavy atom. The maximum Gasteiger partial charge on any atom is 0.326 e. The van der Waals surface area contributed by atoms with Crippen molar-refractivity contribution in [2.24, 2.45) is 0 Å². The van der Waals surface area contributed by atoms with Crippen molar-refractivity contribution in [3.05, 3.63) is 35.7 Å². The van der Waals surface area contributed by atoms with Crippen LogP contribution in [0.2, 0.25) is 0 Å². The highest BCUT2D eigenvalue weighted by molar-refractivity contribution is 6.05. The van der Waals surface area contributed by atoms with E-state index in [0.717, 1.165) is 17.0 Å². The number of halogens is 2. The first-order chi connectivity index (χ1) is 12.8. The van der Waals surface area contributed by atoms with Crippen LogP contribution < -0.4 is 5.32 Å². The van der Waals surface area contributed by atoms with Crippen LogP contribution in [0.15, 0.2) is 22.7 Å². The topological polar surface area (TPSA) is 109 Å². The van der Waals surface area contributed by atoms with E-state index in [0.29, 0.717) is 0 Å². The molecule has 0 radical (unpaired) electrons. The number of aromatic nitrogens is 2. The Balaban J connectivity index is 1.61. The predicted octanol–water partition coefficient (Wildman–Crippen LogP) is 0.913. The second kappa shape index (κ2) is 7.09. The first-order valence-corrected chi connectivity index (χ1v) is 7.87. The first kappa shape index (κ1) is 18.4. The predicted molar refractivity (Wildman–Crippen MR) is 85.8 cm³/mol. The Hall–Kier alpha value is -3.37. The highest BCUT2D eigenvalue weighted by Gasteiger charge is 2.41. The summed E-state index contributed by atoms with van der Waals surface area (Å²) >= 11 is 0. The van der Waals surface area contributed by atoms with E-state index in [4.69, 9.17) is 4.52 Å². The number of rotatable bonds is 5. The van der Waals surface area contributed by atoms with Gasteiger partial charge in [-0.05, 0) is 12.1 Å². The molecule has 1 aromatic heterocycles. The second-order valence-corrected chi connectivity index (χ2v) is 5.90. The van der Waals surface area contributed by atoms with E-state index in [9.17, 15) is 23.2 Å². The second-order valence-electron chi connectivity index (χ2n) is 5.90. The van der Waals surface area contributed by atoms with E-state index in [2.05, 4.69) is 15.5 Å². The van der Waals surface area contributed by atoms with E-state index in [1.807, 2.05) is 0 Å². The fourth-order valence-corrected chi connectivity index (χ4v) is 2.63. The van der Waals surface area contributed by atoms with Crippen LogP contribution in [-0.2, 0) is 16.1 Å². The summed E-state index contributed by atoms with van der Waals surface area (Å²) in [6, 6.07) is 1.92. The lowest BCUT2D eigenvalue weighted by atomic mass is 10.2. The third-order valence-corrected chi connectivity index (χ3v) is 4.14. The van der Waals surface area contributed by atoms with E-state index < -0.39 is 41.1 Å². The average molecular weight is 379 g/mol. The minimum Gasteiger partial charge on any atom is -0.349 e. The van der Waals surface area contributed by atoms with Crippen molar-refractivity contribution in [2.75, 3.05) is 14.1 Å². The van der Waals surface area contributed by atoms with Crippen molar-refractivity contribution in [3.63, 3.8) is 0 Å². The van der Waals surface area contributed by atoms with Gasteiger partial charge in [-0.25, -0.2) is 13.6 Å². The number of nitrogens with one attached hydrogen (secondary N) is 1. The van der Waals surface area contributed by atoms with Gasteiger partial charge in [-0.1, -0.05) is 11.2 Å². The van der Waals surface area contributed by atoms with Crippen molar-refractivity contribution in [1.82, 2.24) is 25.3 Å². The average Bonchev–Trinajstić information content (AvgIpc) is 3.16. The van der Waals surface area contributed by atoms with Gasteiger partial charge in [-0.15, -0.1) is 0 Å². The Morgan fingerprint density at radius 3 is 2.52 bits per heavy atom. The molecule has 1 atom stereocenters. The highest BCUT2D eigenvalue weighted by Crippen LogP contribution is 2.24. The molecule has 4 amide bonds. The molecular weight excluding hydrogens is 364 g/mol. The molecule has 1 aromatic carbocycles. The number of amides is 4. The summed E-state index contributed by atoms with van der Waals surface area (Å²) in [6.45, 7) is -0.174. The lowest BCUT2D eigenvalue weighted by molar-refractivity contribution is -0.131. The van der Waals surface area contributed by atoms with E-state index in [-0.39, 0.29) is 24.7 Å². The van der Waals surface area contributed by atoms with Gasteiger partial charge in [-0.2, -0.15) is 4.98 Å². The minimum absolute atomic E-state index is 0.000278. The molecule has 2 aromatic rings. The Labute approximate surface area is 151 Å². The minimum atomic E-state index is -0.893. The van der Waals surface area contributed by atoms with Gasteiger partial charge in [-0.3, -0.25) is 14.5 Å². The van der Waals surface area contributed by atoms with Crippen LogP contribution in [0.1, 0.15) is 12.2 Å². The van der Waals surface area contributed by atoms with Gasteiger partial charge < -0.3 is 14.7 Å². The van der Waals surface area contributed by atoms with Crippen molar-refractivity contribution >= 4 is 17.8 Å². The number of nitrogens with zero attached hydrogens (tertiary/aromatic N) is 4. The van der Waals surface area contributed by atoms with Crippen LogP contribution >= 0.6 is 0 Å². The van der Waals surface area contributed by atoms with Crippen LogP contribution in [0.4, 0.5) is 13.6 Å². The first-order valence-electron chi connectivity index (χ1n) is 7.87. The van der Waals surface area contributed by atoms with Gasteiger partial charge in [0.25, 0.3) is 11.8 Å². The third-order valence-electron chi connectivity index (χ3n) is 4.14. The monoisotopic (exact) mass is 379 g/mol. The SMILES string of the molecule is CN1C(=O)[C@@H](CC(=O)NCc2noc(-c3c(F)cccc3F)n2)N(C)C1=O. The summed E-state index contributed by atoms with van der Waals surface area (Å²) in [5.74, 6) is -3.06. The highest BCUT2D eigenvalue weighted by atomic mass is 19.1. The van der Waals surface area contributed by atoms with Crippen molar-refractivity contribution in [2.45, 2.75) is 19.0 Å². The number of imide groups is 1. The van der Waals surface area contributed by atoms with E-state index >= 15 is 0 Å². The number of benzene rings is 1. The largest absolute Gasteiger partial charge is 0.349 e. The van der Waals surface area contributed by atoms with E-state index in [1.165, 1.54) is 25.1 Å². The van der Waals surface area contributed by atoms with Crippen molar-refractivity contribution < 1.29 is 27.7 Å². The maximum absolute atomic E-state index is 13.7. The molecule has 9 nitrogen and oxygen atoms in total. The molecule has 0 spiro atoms. The number of hydrogen-bond acceptors (Lipinski definition) is 6. The van der Waals surface area contributed by atoms with Gasteiger partial charge in [0.05, 0.1) is 13.0 Å². The molecule has 1 fully saturated rings. The molecule has 1 N–H and O–H groups in total. The summed E-state index contributed by atoms with van der Waals surface area (Å²) in [5.41, 5.74) is -0.456. The standard InChI is InChI=1S/C16H15F2N5O4/c1-22-10(15(25)23(2)16(22)26)6-12(24)19-7-11-20-14(27-21-11)13-8(17)4-3-5-9(13)18/h3-5,10H,6-7H2,1-2H3,(H,19,24)/t10-/m1/s1. The van der Waals surface area contributed by atoms with Crippen LogP contribution in [-0.4, -0.2) is 57.9 Å². The van der Waals surface area contributed by atoms with Gasteiger partial charge >= 0.3 is 6.03 Å². The summed E-state index contributed by atoms with van der Waals surface area (Å²) in [6.07, 6.45) is -0.238. The lowest BCUT2D eigenvalue weighted by Crippen LogP contribution is -2.37. The lowest BCUT2D eigenvalue weighted by Gasteiger charge is -2.15. The van der Waals surface area contributed by atoms with Gasteiger partial charge in [0.2, 0.25) is 5.91 Å². The Morgan fingerprint density at radius 2 is 1.93 bits per heavy atom. The number of carbonyl (C=O) groups is 3. The summed E-state index contributed by atoms with van der Waals surface area (Å²) in [5, 5.41) is 6.03. The zero-order chi connectivity index (χ0) is 19.7. The smallest absolute Gasteiger partial charge is 0.326 e. The van der Waals surface area contributed by atoms with Gasteiger partial charge in [0.15, 0.2) is 5.82 Å². The maximum atomic E-state index is 13.7. The molecule has 1 aliphatic rings. The summed E-state index contributed by atoms with van der Waals surface area (Å²) in [4.78, 5) is 41.6. The molecule has 27 heavy (non-hydrogen) atoms. The van der Waals surface area contributed by atoms with Gasteiger partial charge in [0.1, 0.15) is 23.2 Å². The zero-order valence-corrected chi connectivity index (χ0v) is 14.4. The fourth-order valence-electron chi connectivity index (χ4n) is 2.63. The van der Waals surface area contributed by atoms with Crippen LogP contribution in [0, 0.1) is 11.6 Å². The zero-order valence-electron chi connectivity index (χ0n) is 14.4. The molecule has 11 heteroatoms. The molecule has 3 rings (SSSR count). The normalized spacial score (nSPS) is 17.0. The van der Waals surface area contributed by atoms with Crippen LogP contribution in [0.5, 0.6) is 0 Å². The molecule has 2 heterocycles. The molecule has 0 bridgehead atoms. The molecule has 0 aliphatic carbocycles. The van der Waals surface area contributed by atoms with Crippen LogP contribution in [0.25, 0.3) is 11.5 Å². The summed E-state index contributed by atoms with van der Waals surface area (Å²) < 4.78 is 32.3. The molecule has 1 aliphatic heterocycles. The Kier molecular flexibility index (Phi) is 4.84. The number of hydrogen-bond donors (Lipinski definition) is 1. The number of carbonyl (C=O) groups excluding carboxylic acids is 3. The van der Waals surface area contributed by atoms with Crippen LogP contribution in [0.3, 0.4) is 0 Å². The molecule has 0 saturated carbocycles. The molecule has 1 saturated heterocycles. The van der Waals surface area contributed by atoms with E-state index in [1.54, 1.807) is 0 Å². The quantitative estimate of drug-likeness (QED) is 0.774.